The zero-order valence-electron chi connectivity index (χ0n) is 18.0. The second-order valence-electron chi connectivity index (χ2n) is 8.46. The third kappa shape index (κ3) is 89.3. The van der Waals surface area contributed by atoms with Crippen molar-refractivity contribution in [3.63, 3.8) is 0 Å². The molecule has 0 aromatic heterocycles. The van der Waals surface area contributed by atoms with Crippen LogP contribution in [0.15, 0.2) is 0 Å². The molecule has 0 amide bonds. The standard InChI is InChI=1S/3C5H14NO.ClH.O3Si/c3*1-6(2,3)4-5-7;;1-4(2)3/h3*7H,4-5H2,1-3H3;1H;/q3*+1;;-2/p-1. The molecule has 9 nitrogen and oxygen atoms in total. The molecule has 0 rings (SSSR count). The van der Waals surface area contributed by atoms with E-state index in [1.807, 2.05) is 0 Å². The van der Waals surface area contributed by atoms with Gasteiger partial charge in [-0.1, -0.05) is 0 Å². The highest BCUT2D eigenvalue weighted by Crippen LogP contribution is 1.85. The number of aliphatic hydroxyl groups is 3. The first-order chi connectivity index (χ1) is 10.9. The monoisotopic (exact) mass is 423 g/mol. The topological polar surface area (TPSA) is 124 Å². The number of hydrogen-bond acceptors (Lipinski definition) is 6. The van der Waals surface area contributed by atoms with Gasteiger partial charge in [0, 0.05) is 9.17 Å². The maximum atomic E-state index is 8.52. The maximum absolute atomic E-state index is 8.52. The largest absolute Gasteiger partial charge is 1.00 e. The molecule has 0 atom stereocenters. The number of quaternary nitrogens is 3. The first-order valence-corrected chi connectivity index (χ1v) is 9.26. The second-order valence-corrected chi connectivity index (χ2v) is 8.96. The Morgan fingerprint density at radius 1 is 0.615 bits per heavy atom. The quantitative estimate of drug-likeness (QED) is 0.288. The summed E-state index contributed by atoms with van der Waals surface area (Å²) in [7, 11) is 14.8. The van der Waals surface area contributed by atoms with Crippen LogP contribution in [-0.4, -0.2) is 141 Å². The van der Waals surface area contributed by atoms with Gasteiger partial charge in [-0.25, -0.2) is 0 Å². The van der Waals surface area contributed by atoms with E-state index in [9.17, 15) is 0 Å². The minimum Gasteiger partial charge on any atom is -1.00 e. The van der Waals surface area contributed by atoms with Crippen LogP contribution in [0, 0.1) is 0 Å². The molecule has 0 saturated carbocycles. The summed E-state index contributed by atoms with van der Waals surface area (Å²) in [5, 5.41) is 25.2. The third-order valence-corrected chi connectivity index (χ3v) is 2.31. The first kappa shape index (κ1) is 36.6. The van der Waals surface area contributed by atoms with Crippen LogP contribution in [0.25, 0.3) is 0 Å². The third-order valence-electron chi connectivity index (χ3n) is 2.31. The highest BCUT2D eigenvalue weighted by Gasteiger charge is 2.03. The number of halogens is 1. The van der Waals surface area contributed by atoms with Gasteiger partial charge in [-0.2, -0.15) is 0 Å². The molecular weight excluding hydrogens is 382 g/mol. The minimum absolute atomic E-state index is 0. The van der Waals surface area contributed by atoms with Crippen LogP contribution in [0.5, 0.6) is 0 Å². The molecule has 26 heavy (non-hydrogen) atoms. The molecule has 164 valence electrons. The zero-order valence-corrected chi connectivity index (χ0v) is 19.8. The lowest BCUT2D eigenvalue weighted by Crippen LogP contribution is -3.00. The van der Waals surface area contributed by atoms with E-state index in [1.54, 1.807) is 0 Å². The highest BCUT2D eigenvalue weighted by atomic mass is 35.5. The fourth-order valence-electron chi connectivity index (χ4n) is 0.900. The summed E-state index contributed by atoms with van der Waals surface area (Å²) in [5.74, 6) is 0. The fraction of sp³-hybridized carbons (Fsp3) is 1.00. The smallest absolute Gasteiger partial charge is 0.101 e. The van der Waals surface area contributed by atoms with Gasteiger partial charge in [0.1, 0.15) is 19.6 Å². The van der Waals surface area contributed by atoms with Crippen molar-refractivity contribution in [1.29, 1.82) is 0 Å². The van der Waals surface area contributed by atoms with Crippen molar-refractivity contribution in [1.82, 2.24) is 0 Å². The summed E-state index contributed by atoms with van der Waals surface area (Å²) in [5.41, 5.74) is 0. The van der Waals surface area contributed by atoms with Crippen LogP contribution in [0.1, 0.15) is 0 Å². The number of rotatable bonds is 6. The Labute approximate surface area is 167 Å². The van der Waals surface area contributed by atoms with Crippen LogP contribution < -0.4 is 22.0 Å². The summed E-state index contributed by atoms with van der Waals surface area (Å²) in [4.78, 5) is 17.0. The van der Waals surface area contributed by atoms with Gasteiger partial charge in [0.05, 0.1) is 83.2 Å². The van der Waals surface area contributed by atoms with E-state index in [2.05, 4.69) is 63.4 Å². The molecule has 3 N–H and O–H groups in total. The number of aliphatic hydroxyl groups excluding tert-OH is 3. The molecule has 0 aliphatic rings. The molecular formula is C15H42ClN3O6Si. The predicted molar refractivity (Wildman–Crippen MR) is 96.4 cm³/mol. The lowest BCUT2D eigenvalue weighted by atomic mass is 10.5. The number of nitrogens with zero attached hydrogens (tertiary/aromatic N) is 3. The molecule has 0 saturated heterocycles. The van der Waals surface area contributed by atoms with Crippen molar-refractivity contribution in [2.45, 2.75) is 0 Å². The van der Waals surface area contributed by atoms with E-state index in [1.165, 1.54) is 0 Å². The van der Waals surface area contributed by atoms with Crippen molar-refractivity contribution in [2.75, 3.05) is 103 Å². The van der Waals surface area contributed by atoms with E-state index in [0.29, 0.717) is 0 Å². The van der Waals surface area contributed by atoms with Gasteiger partial charge in [0.25, 0.3) is 0 Å². The van der Waals surface area contributed by atoms with Crippen LogP contribution >= 0.6 is 0 Å². The molecule has 0 bridgehead atoms. The zero-order chi connectivity index (χ0) is 21.3. The van der Waals surface area contributed by atoms with Gasteiger partial charge in [0.2, 0.25) is 0 Å². The van der Waals surface area contributed by atoms with E-state index < -0.39 is 9.17 Å². The van der Waals surface area contributed by atoms with E-state index >= 15 is 0 Å². The Bertz CT molecular complexity index is 263. The lowest BCUT2D eigenvalue weighted by molar-refractivity contribution is -0.870. The van der Waals surface area contributed by atoms with Gasteiger partial charge < -0.3 is 55.2 Å². The number of hydrogen-bond donors (Lipinski definition) is 3. The molecule has 11 heteroatoms. The average Bonchev–Trinajstić information content (AvgIpc) is 2.24. The molecule has 0 aliphatic carbocycles. The SMILES string of the molecule is C[N+](C)(C)CCO.C[N+](C)(C)CCO.C[N+](C)(C)CCO.O=[Si]([O-])[O-].[Cl-]. The van der Waals surface area contributed by atoms with E-state index in [4.69, 9.17) is 29.4 Å². The van der Waals surface area contributed by atoms with Crippen LogP contribution in [0.2, 0.25) is 0 Å². The second kappa shape index (κ2) is 19.4. The van der Waals surface area contributed by atoms with Gasteiger partial charge in [-0.15, -0.1) is 0 Å². The number of likely N-dealkylation sites (N-methyl/N-ethyl adjacent to an activating group) is 3. The van der Waals surface area contributed by atoms with Gasteiger partial charge >= 0.3 is 0 Å². The minimum atomic E-state index is -3.63. The fourth-order valence-corrected chi connectivity index (χ4v) is 0.900. The van der Waals surface area contributed by atoms with Crippen LogP contribution in [-0.2, 0) is 4.46 Å². The lowest BCUT2D eigenvalue weighted by Gasteiger charge is -2.21. The first-order valence-electron chi connectivity index (χ1n) is 8.03. The van der Waals surface area contributed by atoms with Gasteiger partial charge in [-0.05, 0) is 0 Å². The van der Waals surface area contributed by atoms with Crippen molar-refractivity contribution >= 4 is 9.17 Å². The Balaban J connectivity index is -0.0000000759. The Hall–Kier alpha value is -0.333. The highest BCUT2D eigenvalue weighted by molar-refractivity contribution is 6.17. The Morgan fingerprint density at radius 3 is 0.731 bits per heavy atom. The van der Waals surface area contributed by atoms with Gasteiger partial charge in [0.15, 0.2) is 0 Å². The van der Waals surface area contributed by atoms with E-state index in [0.717, 1.165) is 33.1 Å². The average molecular weight is 424 g/mol. The predicted octanol–water partition coefficient (Wildman–Crippen LogP) is -6.82. The van der Waals surface area contributed by atoms with E-state index in [-0.39, 0.29) is 32.2 Å². The van der Waals surface area contributed by atoms with Crippen LogP contribution in [0.3, 0.4) is 0 Å². The van der Waals surface area contributed by atoms with Crippen molar-refractivity contribution in [3.8, 4) is 0 Å². The molecule has 0 unspecified atom stereocenters. The summed E-state index contributed by atoms with van der Waals surface area (Å²) in [6, 6.07) is 0. The molecule has 0 spiro atoms. The molecule has 0 fully saturated rings. The van der Waals surface area contributed by atoms with Crippen molar-refractivity contribution in [2.24, 2.45) is 0 Å². The van der Waals surface area contributed by atoms with Gasteiger partial charge in [-0.3, -0.25) is 0 Å². The maximum Gasteiger partial charge on any atom is 0.101 e. The summed E-state index contributed by atoms with van der Waals surface area (Å²) >= 11 is 0. The molecule has 0 radical (unpaired) electrons. The summed E-state index contributed by atoms with van der Waals surface area (Å²) in [6.45, 7) is 3.34. The molecule has 0 aliphatic heterocycles. The van der Waals surface area contributed by atoms with Crippen molar-refractivity contribution in [3.05, 3.63) is 0 Å². The summed E-state index contributed by atoms with van der Waals surface area (Å²) in [6.07, 6.45) is 0. The Kier molecular flexibility index (Phi) is 27.3. The van der Waals surface area contributed by atoms with Crippen molar-refractivity contribution < 1.29 is 55.2 Å². The molecule has 0 aromatic carbocycles. The normalized spacial score (nSPS) is 10.6. The molecule has 0 aromatic rings. The molecule has 0 heterocycles. The Morgan fingerprint density at radius 2 is 0.731 bits per heavy atom. The van der Waals surface area contributed by atoms with Crippen LogP contribution in [0.4, 0.5) is 0 Å². The summed E-state index contributed by atoms with van der Waals surface area (Å²) < 4.78 is 11.0.